The van der Waals surface area contributed by atoms with E-state index in [1.165, 1.54) is 6.42 Å². The molecule has 1 aliphatic carbocycles. The van der Waals surface area contributed by atoms with E-state index in [9.17, 15) is 4.39 Å². The molecule has 1 aromatic rings. The third-order valence-corrected chi connectivity index (χ3v) is 5.61. The van der Waals surface area contributed by atoms with E-state index in [0.29, 0.717) is 24.8 Å². The zero-order valence-electron chi connectivity index (χ0n) is 14.2. The van der Waals surface area contributed by atoms with Crippen molar-refractivity contribution in [3.8, 4) is 0 Å². The van der Waals surface area contributed by atoms with Crippen molar-refractivity contribution < 1.29 is 9.13 Å². The SMILES string of the molecule is CCNC(=NCC1(c2ccccc2F)CC1)NC1CC2CCC1O2. The molecule has 0 spiro atoms. The Labute approximate surface area is 142 Å². The second-order valence-electron chi connectivity index (χ2n) is 7.32. The number of nitrogens with zero attached hydrogens (tertiary/aromatic N) is 1. The van der Waals surface area contributed by atoms with E-state index >= 15 is 0 Å². The Bertz CT molecular complexity index is 629. The van der Waals surface area contributed by atoms with Crippen molar-refractivity contribution in [1.29, 1.82) is 0 Å². The summed E-state index contributed by atoms with van der Waals surface area (Å²) < 4.78 is 20.0. The molecule has 5 heteroatoms. The zero-order valence-corrected chi connectivity index (χ0v) is 14.2. The Hall–Kier alpha value is -1.62. The lowest BCUT2D eigenvalue weighted by atomic mass is 9.95. The van der Waals surface area contributed by atoms with Gasteiger partial charge in [-0.2, -0.15) is 0 Å². The van der Waals surface area contributed by atoms with E-state index in [1.54, 1.807) is 12.1 Å². The highest BCUT2D eigenvalue weighted by atomic mass is 19.1. The summed E-state index contributed by atoms with van der Waals surface area (Å²) in [6.45, 7) is 3.52. The van der Waals surface area contributed by atoms with Crippen molar-refractivity contribution in [3.63, 3.8) is 0 Å². The smallest absolute Gasteiger partial charge is 0.191 e. The topological polar surface area (TPSA) is 45.7 Å². The Balaban J connectivity index is 1.45. The van der Waals surface area contributed by atoms with Crippen LogP contribution in [-0.2, 0) is 10.2 Å². The quantitative estimate of drug-likeness (QED) is 0.644. The number of hydrogen-bond acceptors (Lipinski definition) is 2. The summed E-state index contributed by atoms with van der Waals surface area (Å²) in [4.78, 5) is 4.78. The monoisotopic (exact) mass is 331 g/mol. The van der Waals surface area contributed by atoms with Gasteiger partial charge in [-0.1, -0.05) is 18.2 Å². The molecule has 1 saturated carbocycles. The van der Waals surface area contributed by atoms with Gasteiger partial charge in [0.25, 0.3) is 0 Å². The molecule has 3 unspecified atom stereocenters. The minimum Gasteiger partial charge on any atom is -0.373 e. The number of hydrogen-bond donors (Lipinski definition) is 2. The number of fused-ring (bicyclic) bond motifs is 2. The molecule has 0 amide bonds. The molecule has 2 heterocycles. The first kappa shape index (κ1) is 15.9. The molecule has 2 N–H and O–H groups in total. The fraction of sp³-hybridized carbons (Fsp3) is 0.632. The Morgan fingerprint density at radius 2 is 2.17 bits per heavy atom. The molecule has 1 aromatic carbocycles. The predicted molar refractivity (Wildman–Crippen MR) is 92.7 cm³/mol. The highest BCUT2D eigenvalue weighted by Gasteiger charge is 2.46. The zero-order chi connectivity index (χ0) is 16.6. The third-order valence-electron chi connectivity index (χ3n) is 5.61. The summed E-state index contributed by atoms with van der Waals surface area (Å²) in [5, 5.41) is 6.86. The molecule has 3 atom stereocenters. The summed E-state index contributed by atoms with van der Waals surface area (Å²) in [6, 6.07) is 7.47. The van der Waals surface area contributed by atoms with Crippen molar-refractivity contribution >= 4 is 5.96 Å². The van der Waals surface area contributed by atoms with E-state index in [-0.39, 0.29) is 11.2 Å². The molecule has 130 valence electrons. The number of nitrogens with one attached hydrogen (secondary N) is 2. The van der Waals surface area contributed by atoms with Gasteiger partial charge in [0.2, 0.25) is 0 Å². The number of halogens is 1. The van der Waals surface area contributed by atoms with Gasteiger partial charge in [0.15, 0.2) is 5.96 Å². The molecule has 4 nitrogen and oxygen atoms in total. The summed E-state index contributed by atoms with van der Waals surface area (Å²) in [7, 11) is 0. The Morgan fingerprint density at radius 3 is 2.79 bits per heavy atom. The third kappa shape index (κ3) is 3.02. The van der Waals surface area contributed by atoms with Crippen LogP contribution >= 0.6 is 0 Å². The van der Waals surface area contributed by atoms with Crippen molar-refractivity contribution in [3.05, 3.63) is 35.6 Å². The first-order chi connectivity index (χ1) is 11.7. The predicted octanol–water partition coefficient (Wildman–Crippen LogP) is 2.73. The largest absolute Gasteiger partial charge is 0.373 e. The van der Waals surface area contributed by atoms with E-state index in [4.69, 9.17) is 9.73 Å². The van der Waals surface area contributed by atoms with Crippen LogP contribution in [0.2, 0.25) is 0 Å². The maximum atomic E-state index is 14.1. The standard InChI is InChI=1S/C19H26FN3O/c1-2-21-18(23-16-11-13-7-8-17(16)24-13)22-12-19(9-10-19)14-5-3-4-6-15(14)20/h3-6,13,16-17H,2,7-12H2,1H3,(H2,21,22,23). The van der Waals surface area contributed by atoms with Gasteiger partial charge in [0, 0.05) is 12.0 Å². The lowest BCUT2D eigenvalue weighted by Gasteiger charge is -2.23. The molecule has 0 aromatic heterocycles. The van der Waals surface area contributed by atoms with Crippen LogP contribution in [0.25, 0.3) is 0 Å². The van der Waals surface area contributed by atoms with Crippen LogP contribution in [0.1, 0.15) is 44.6 Å². The summed E-state index contributed by atoms with van der Waals surface area (Å²) >= 11 is 0. The van der Waals surface area contributed by atoms with Gasteiger partial charge < -0.3 is 15.4 Å². The summed E-state index contributed by atoms with van der Waals surface area (Å²) in [5.74, 6) is 0.728. The minimum absolute atomic E-state index is 0.107. The fourth-order valence-electron chi connectivity index (χ4n) is 4.07. The molecule has 0 radical (unpaired) electrons. The van der Waals surface area contributed by atoms with Crippen LogP contribution in [0.3, 0.4) is 0 Å². The van der Waals surface area contributed by atoms with Crippen LogP contribution in [0, 0.1) is 5.82 Å². The van der Waals surface area contributed by atoms with Crippen molar-refractivity contribution in [2.75, 3.05) is 13.1 Å². The first-order valence-electron chi connectivity index (χ1n) is 9.15. The highest BCUT2D eigenvalue weighted by molar-refractivity contribution is 5.80. The van der Waals surface area contributed by atoms with Crippen LogP contribution in [-0.4, -0.2) is 37.3 Å². The molecule has 2 aliphatic heterocycles. The van der Waals surface area contributed by atoms with Crippen molar-refractivity contribution in [2.45, 2.75) is 62.7 Å². The average molecular weight is 331 g/mol. The number of aliphatic imine (C=N–C) groups is 1. The van der Waals surface area contributed by atoms with E-state index in [1.807, 2.05) is 12.1 Å². The molecule has 2 saturated heterocycles. The second-order valence-corrected chi connectivity index (χ2v) is 7.32. The molecule has 2 bridgehead atoms. The maximum Gasteiger partial charge on any atom is 0.191 e. The lowest BCUT2D eigenvalue weighted by molar-refractivity contribution is 0.0992. The van der Waals surface area contributed by atoms with Crippen LogP contribution < -0.4 is 10.6 Å². The van der Waals surface area contributed by atoms with Crippen molar-refractivity contribution in [2.24, 2.45) is 4.99 Å². The molecule has 3 fully saturated rings. The average Bonchev–Trinajstić information content (AvgIpc) is 3.07. The summed E-state index contributed by atoms with van der Waals surface area (Å²) in [5.41, 5.74) is 0.701. The van der Waals surface area contributed by atoms with Crippen LogP contribution in [0.5, 0.6) is 0 Å². The normalized spacial score (nSPS) is 30.4. The van der Waals surface area contributed by atoms with Gasteiger partial charge in [0.1, 0.15) is 5.82 Å². The van der Waals surface area contributed by atoms with E-state index in [0.717, 1.165) is 43.8 Å². The number of guanidine groups is 1. The number of benzene rings is 1. The number of rotatable bonds is 5. The lowest BCUT2D eigenvalue weighted by Crippen LogP contribution is -2.47. The maximum absolute atomic E-state index is 14.1. The van der Waals surface area contributed by atoms with Crippen molar-refractivity contribution in [1.82, 2.24) is 10.6 Å². The fourth-order valence-corrected chi connectivity index (χ4v) is 4.07. The second kappa shape index (κ2) is 6.36. The molecule has 24 heavy (non-hydrogen) atoms. The van der Waals surface area contributed by atoms with Gasteiger partial charge >= 0.3 is 0 Å². The van der Waals surface area contributed by atoms with E-state index in [2.05, 4.69) is 17.6 Å². The molecule has 4 rings (SSSR count). The van der Waals surface area contributed by atoms with Crippen LogP contribution in [0.4, 0.5) is 4.39 Å². The first-order valence-corrected chi connectivity index (χ1v) is 9.15. The molecular weight excluding hydrogens is 305 g/mol. The van der Waals surface area contributed by atoms with Crippen LogP contribution in [0.15, 0.2) is 29.3 Å². The highest BCUT2D eigenvalue weighted by Crippen LogP contribution is 2.49. The van der Waals surface area contributed by atoms with Gasteiger partial charge in [-0.3, -0.25) is 4.99 Å². The summed E-state index contributed by atoms with van der Waals surface area (Å²) in [6.07, 6.45) is 6.15. The Morgan fingerprint density at radius 1 is 1.33 bits per heavy atom. The van der Waals surface area contributed by atoms with E-state index < -0.39 is 0 Å². The number of ether oxygens (including phenoxy) is 1. The van der Waals surface area contributed by atoms with Gasteiger partial charge in [-0.25, -0.2) is 4.39 Å². The van der Waals surface area contributed by atoms with Gasteiger partial charge in [-0.15, -0.1) is 0 Å². The Kier molecular flexibility index (Phi) is 4.21. The molecular formula is C19H26FN3O. The minimum atomic E-state index is -0.112. The molecule has 3 aliphatic rings. The van der Waals surface area contributed by atoms with Gasteiger partial charge in [-0.05, 0) is 50.7 Å². The van der Waals surface area contributed by atoms with Gasteiger partial charge in [0.05, 0.1) is 24.8 Å².